The van der Waals surface area contributed by atoms with Crippen molar-refractivity contribution < 1.29 is 4.79 Å². The number of carbonyl (C=O) groups excluding carboxylic acids is 1. The van der Waals surface area contributed by atoms with Gasteiger partial charge in [-0.1, -0.05) is 0 Å². The Morgan fingerprint density at radius 1 is 1.43 bits per heavy atom. The minimum atomic E-state index is 0.517. The summed E-state index contributed by atoms with van der Waals surface area (Å²) in [6.45, 7) is 0. The van der Waals surface area contributed by atoms with Crippen molar-refractivity contribution in [3.8, 4) is 5.82 Å². The Labute approximate surface area is 88.5 Å². The fourth-order valence-electron chi connectivity index (χ4n) is 1.23. The van der Waals surface area contributed by atoms with E-state index in [2.05, 4.69) is 26.1 Å². The van der Waals surface area contributed by atoms with Gasteiger partial charge in [0.2, 0.25) is 0 Å². The highest BCUT2D eigenvalue weighted by Gasteiger charge is 2.10. The standard InChI is InChI=1S/C8H7BrN4O/c1-12-8(6(5-14)2-10-12)13-4-7(9)3-11-13/h2-5H,1H3. The van der Waals surface area contributed by atoms with E-state index in [0.29, 0.717) is 11.4 Å². The van der Waals surface area contributed by atoms with Crippen LogP contribution in [-0.4, -0.2) is 25.8 Å². The van der Waals surface area contributed by atoms with Crippen LogP contribution in [0.2, 0.25) is 0 Å². The molecule has 0 amide bonds. The fraction of sp³-hybridized carbons (Fsp3) is 0.125. The molecular weight excluding hydrogens is 248 g/mol. The van der Waals surface area contributed by atoms with Gasteiger partial charge in [0.25, 0.3) is 0 Å². The molecule has 0 unspecified atom stereocenters. The van der Waals surface area contributed by atoms with Crippen LogP contribution in [0.25, 0.3) is 5.82 Å². The molecule has 0 atom stereocenters. The normalized spacial score (nSPS) is 10.4. The third-order valence-electron chi connectivity index (χ3n) is 1.83. The number of aryl methyl sites for hydroxylation is 1. The average molecular weight is 255 g/mol. The lowest BCUT2D eigenvalue weighted by atomic mass is 10.4. The van der Waals surface area contributed by atoms with Gasteiger partial charge in [0, 0.05) is 13.2 Å². The van der Waals surface area contributed by atoms with Gasteiger partial charge in [0.15, 0.2) is 12.1 Å². The monoisotopic (exact) mass is 254 g/mol. The van der Waals surface area contributed by atoms with Crippen LogP contribution in [0, 0.1) is 0 Å². The molecule has 2 heterocycles. The molecular formula is C8H7BrN4O. The fourth-order valence-corrected chi connectivity index (χ4v) is 1.51. The van der Waals surface area contributed by atoms with Crippen LogP contribution in [0.1, 0.15) is 10.4 Å². The minimum absolute atomic E-state index is 0.517. The number of hydrogen-bond donors (Lipinski definition) is 0. The summed E-state index contributed by atoms with van der Waals surface area (Å²) in [6.07, 6.45) is 5.70. The van der Waals surface area contributed by atoms with Gasteiger partial charge in [-0.05, 0) is 15.9 Å². The van der Waals surface area contributed by atoms with Gasteiger partial charge in [-0.15, -0.1) is 0 Å². The molecule has 0 aliphatic carbocycles. The first-order chi connectivity index (χ1) is 6.72. The summed E-state index contributed by atoms with van der Waals surface area (Å²) in [6, 6.07) is 0. The van der Waals surface area contributed by atoms with E-state index >= 15 is 0 Å². The van der Waals surface area contributed by atoms with Crippen LogP contribution in [0.4, 0.5) is 0 Å². The van der Waals surface area contributed by atoms with Crippen molar-refractivity contribution in [1.82, 2.24) is 19.6 Å². The predicted octanol–water partition coefficient (Wildman–Crippen LogP) is 1.18. The Hall–Kier alpha value is -1.43. The van der Waals surface area contributed by atoms with Crippen molar-refractivity contribution in [3.63, 3.8) is 0 Å². The molecule has 0 saturated heterocycles. The number of hydrogen-bond acceptors (Lipinski definition) is 3. The molecule has 0 aliphatic rings. The highest BCUT2D eigenvalue weighted by Crippen LogP contribution is 2.14. The van der Waals surface area contributed by atoms with Gasteiger partial charge in [0.05, 0.1) is 22.4 Å². The second-order valence-corrected chi connectivity index (χ2v) is 3.68. The first-order valence-electron chi connectivity index (χ1n) is 3.90. The van der Waals surface area contributed by atoms with E-state index in [9.17, 15) is 4.79 Å². The number of aldehydes is 1. The smallest absolute Gasteiger partial charge is 0.162 e. The van der Waals surface area contributed by atoms with Crippen LogP contribution in [0.3, 0.4) is 0 Å². The van der Waals surface area contributed by atoms with Crippen LogP contribution < -0.4 is 0 Å². The van der Waals surface area contributed by atoms with E-state index in [0.717, 1.165) is 10.8 Å². The lowest BCUT2D eigenvalue weighted by molar-refractivity contribution is 0.112. The van der Waals surface area contributed by atoms with Crippen LogP contribution in [0.15, 0.2) is 23.1 Å². The van der Waals surface area contributed by atoms with Gasteiger partial charge >= 0.3 is 0 Å². The first-order valence-corrected chi connectivity index (χ1v) is 4.69. The lowest BCUT2D eigenvalue weighted by Crippen LogP contribution is -2.05. The van der Waals surface area contributed by atoms with Gasteiger partial charge < -0.3 is 0 Å². The SMILES string of the molecule is Cn1ncc(C=O)c1-n1cc(Br)cn1. The topological polar surface area (TPSA) is 52.7 Å². The van der Waals surface area contributed by atoms with Crippen LogP contribution in [-0.2, 0) is 7.05 Å². The highest BCUT2D eigenvalue weighted by atomic mass is 79.9. The van der Waals surface area contributed by atoms with E-state index in [4.69, 9.17) is 0 Å². The predicted molar refractivity (Wildman–Crippen MR) is 53.4 cm³/mol. The molecule has 2 rings (SSSR count). The van der Waals surface area contributed by atoms with Crippen molar-refractivity contribution in [1.29, 1.82) is 0 Å². The largest absolute Gasteiger partial charge is 0.298 e. The molecule has 0 aromatic carbocycles. The maximum absolute atomic E-state index is 10.7. The maximum atomic E-state index is 10.7. The van der Waals surface area contributed by atoms with E-state index in [-0.39, 0.29) is 0 Å². The first kappa shape index (κ1) is 9.14. The zero-order valence-electron chi connectivity index (χ0n) is 7.38. The molecule has 5 nitrogen and oxygen atoms in total. The van der Waals surface area contributed by atoms with E-state index < -0.39 is 0 Å². The van der Waals surface area contributed by atoms with Crippen molar-refractivity contribution in [3.05, 3.63) is 28.6 Å². The molecule has 0 bridgehead atoms. The molecule has 0 fully saturated rings. The number of halogens is 1. The minimum Gasteiger partial charge on any atom is -0.298 e. The Morgan fingerprint density at radius 2 is 2.21 bits per heavy atom. The van der Waals surface area contributed by atoms with E-state index in [1.54, 1.807) is 28.8 Å². The molecule has 0 radical (unpaired) electrons. The van der Waals surface area contributed by atoms with Crippen LogP contribution >= 0.6 is 15.9 Å². The molecule has 0 spiro atoms. The molecule has 2 aromatic heterocycles. The Bertz CT molecular complexity index is 473. The summed E-state index contributed by atoms with van der Waals surface area (Å²) < 4.78 is 4.06. The summed E-state index contributed by atoms with van der Waals surface area (Å²) in [7, 11) is 1.76. The van der Waals surface area contributed by atoms with E-state index in [1.165, 1.54) is 6.20 Å². The van der Waals surface area contributed by atoms with Gasteiger partial charge in [0.1, 0.15) is 0 Å². The Balaban J connectivity index is 2.59. The zero-order valence-corrected chi connectivity index (χ0v) is 8.97. The van der Waals surface area contributed by atoms with Crippen molar-refractivity contribution >= 4 is 22.2 Å². The molecule has 0 N–H and O–H groups in total. The summed E-state index contributed by atoms with van der Waals surface area (Å²) >= 11 is 3.29. The van der Waals surface area contributed by atoms with E-state index in [1.807, 2.05) is 0 Å². The molecule has 0 aliphatic heterocycles. The molecule has 0 saturated carbocycles. The Morgan fingerprint density at radius 3 is 2.79 bits per heavy atom. The Kier molecular flexibility index (Phi) is 2.20. The van der Waals surface area contributed by atoms with Gasteiger partial charge in [-0.25, -0.2) is 4.68 Å². The summed E-state index contributed by atoms with van der Waals surface area (Å²) in [4.78, 5) is 10.7. The second-order valence-electron chi connectivity index (χ2n) is 2.77. The molecule has 72 valence electrons. The number of nitrogens with zero attached hydrogens (tertiary/aromatic N) is 4. The van der Waals surface area contributed by atoms with Crippen molar-refractivity contribution in [2.24, 2.45) is 7.05 Å². The lowest BCUT2D eigenvalue weighted by Gasteiger charge is -2.01. The van der Waals surface area contributed by atoms with Gasteiger partial charge in [-0.2, -0.15) is 10.2 Å². The summed E-state index contributed by atoms with van der Waals surface area (Å²) in [5, 5.41) is 8.06. The number of aromatic nitrogens is 4. The quantitative estimate of drug-likeness (QED) is 0.757. The zero-order chi connectivity index (χ0) is 10.1. The number of rotatable bonds is 2. The van der Waals surface area contributed by atoms with Crippen LogP contribution in [0.5, 0.6) is 0 Å². The molecule has 2 aromatic rings. The molecule has 6 heteroatoms. The summed E-state index contributed by atoms with van der Waals surface area (Å²) in [5.74, 6) is 0.658. The van der Waals surface area contributed by atoms with Crippen molar-refractivity contribution in [2.75, 3.05) is 0 Å². The third-order valence-corrected chi connectivity index (χ3v) is 2.24. The highest BCUT2D eigenvalue weighted by molar-refractivity contribution is 9.10. The average Bonchev–Trinajstić information content (AvgIpc) is 2.71. The second kappa shape index (κ2) is 3.38. The van der Waals surface area contributed by atoms with Gasteiger partial charge in [-0.3, -0.25) is 9.48 Å². The third kappa shape index (κ3) is 1.37. The van der Waals surface area contributed by atoms with Crippen molar-refractivity contribution in [2.45, 2.75) is 0 Å². The number of carbonyl (C=O) groups is 1. The maximum Gasteiger partial charge on any atom is 0.162 e. The molecule has 14 heavy (non-hydrogen) atoms. The summed E-state index contributed by atoms with van der Waals surface area (Å²) in [5.41, 5.74) is 0.517.